The third-order valence-electron chi connectivity index (χ3n) is 4.19. The van der Waals surface area contributed by atoms with E-state index in [2.05, 4.69) is 10.3 Å². The molecule has 0 aliphatic carbocycles. The van der Waals surface area contributed by atoms with Gasteiger partial charge >= 0.3 is 0 Å². The SMILES string of the molecule is O=C1NC(O)C2=C1CN=C(c1ccccc1Cl)c1cc(Cl)ccc12. The van der Waals surface area contributed by atoms with Gasteiger partial charge in [0.25, 0.3) is 5.91 Å². The Labute approximate surface area is 148 Å². The van der Waals surface area contributed by atoms with Crippen molar-refractivity contribution in [2.75, 3.05) is 6.54 Å². The van der Waals surface area contributed by atoms with Crippen LogP contribution in [0.4, 0.5) is 0 Å². The summed E-state index contributed by atoms with van der Waals surface area (Å²) in [6.07, 6.45) is -1.05. The number of nitrogens with one attached hydrogen (secondary N) is 1. The molecule has 2 aliphatic heterocycles. The fourth-order valence-electron chi connectivity index (χ4n) is 3.11. The fourth-order valence-corrected chi connectivity index (χ4v) is 3.51. The minimum atomic E-state index is -1.05. The van der Waals surface area contributed by atoms with Crippen LogP contribution in [0.1, 0.15) is 16.7 Å². The molecule has 0 aromatic heterocycles. The Bertz CT molecular complexity index is 934. The van der Waals surface area contributed by atoms with E-state index in [0.29, 0.717) is 26.9 Å². The average molecular weight is 359 g/mol. The molecule has 2 aliphatic rings. The summed E-state index contributed by atoms with van der Waals surface area (Å²) in [5.41, 5.74) is 3.92. The van der Waals surface area contributed by atoms with Gasteiger partial charge in [-0.3, -0.25) is 9.79 Å². The van der Waals surface area contributed by atoms with Crippen LogP contribution >= 0.6 is 23.2 Å². The van der Waals surface area contributed by atoms with Gasteiger partial charge < -0.3 is 10.4 Å². The van der Waals surface area contributed by atoms with Gasteiger partial charge in [-0.2, -0.15) is 0 Å². The zero-order chi connectivity index (χ0) is 16.8. The Balaban J connectivity index is 1.99. The van der Waals surface area contributed by atoms with Crippen molar-refractivity contribution in [1.82, 2.24) is 5.32 Å². The van der Waals surface area contributed by atoms with Gasteiger partial charge in [-0.25, -0.2) is 0 Å². The molecule has 2 aromatic carbocycles. The number of aliphatic imine (C=N–C) groups is 1. The second kappa shape index (κ2) is 5.74. The lowest BCUT2D eigenvalue weighted by Crippen LogP contribution is -2.28. The smallest absolute Gasteiger partial charge is 0.251 e. The van der Waals surface area contributed by atoms with Crippen molar-refractivity contribution in [2.45, 2.75) is 6.23 Å². The number of halogens is 2. The maximum Gasteiger partial charge on any atom is 0.251 e. The fraction of sp³-hybridized carbons (Fsp3) is 0.111. The zero-order valence-electron chi connectivity index (χ0n) is 12.4. The molecule has 1 atom stereocenters. The Morgan fingerprint density at radius 2 is 1.88 bits per heavy atom. The first-order valence-corrected chi connectivity index (χ1v) is 8.13. The molecule has 2 heterocycles. The van der Waals surface area contributed by atoms with Crippen molar-refractivity contribution in [2.24, 2.45) is 4.99 Å². The predicted molar refractivity (Wildman–Crippen MR) is 94.5 cm³/mol. The first kappa shape index (κ1) is 15.4. The van der Waals surface area contributed by atoms with Gasteiger partial charge in [-0.05, 0) is 23.8 Å². The lowest BCUT2D eigenvalue weighted by atomic mass is 9.92. The average Bonchev–Trinajstić information content (AvgIpc) is 2.74. The van der Waals surface area contributed by atoms with Gasteiger partial charge in [0.1, 0.15) is 0 Å². The molecule has 120 valence electrons. The number of rotatable bonds is 1. The standard InChI is InChI=1S/C18H12Cl2N2O2/c19-9-5-6-10-12(7-9)16(11-3-1-2-4-14(11)20)21-8-13-15(10)18(24)22-17(13)23/h1-7,18,24H,8H2,(H,22,23). The molecule has 0 fully saturated rings. The molecule has 24 heavy (non-hydrogen) atoms. The molecule has 0 saturated carbocycles. The first-order chi connectivity index (χ1) is 11.6. The second-order valence-electron chi connectivity index (χ2n) is 5.60. The third kappa shape index (κ3) is 2.35. The highest BCUT2D eigenvalue weighted by atomic mass is 35.5. The van der Waals surface area contributed by atoms with Gasteiger partial charge in [0.2, 0.25) is 0 Å². The quantitative estimate of drug-likeness (QED) is 0.822. The van der Waals surface area contributed by atoms with E-state index in [1.165, 1.54) is 0 Å². The molecular formula is C18H12Cl2N2O2. The van der Waals surface area contributed by atoms with Crippen LogP contribution < -0.4 is 5.32 Å². The van der Waals surface area contributed by atoms with Gasteiger partial charge in [0, 0.05) is 32.3 Å². The van der Waals surface area contributed by atoms with Crippen molar-refractivity contribution in [3.63, 3.8) is 0 Å². The number of nitrogens with zero attached hydrogens (tertiary/aromatic N) is 1. The number of aliphatic hydroxyl groups is 1. The van der Waals surface area contributed by atoms with Crippen molar-refractivity contribution in [1.29, 1.82) is 0 Å². The number of amides is 1. The number of benzene rings is 2. The van der Waals surface area contributed by atoms with Crippen LogP contribution in [0.5, 0.6) is 0 Å². The summed E-state index contributed by atoms with van der Waals surface area (Å²) in [6.45, 7) is 0.172. The van der Waals surface area contributed by atoms with E-state index in [9.17, 15) is 9.90 Å². The van der Waals surface area contributed by atoms with Crippen LogP contribution in [0.15, 0.2) is 53.0 Å². The van der Waals surface area contributed by atoms with E-state index < -0.39 is 6.23 Å². The van der Waals surface area contributed by atoms with Gasteiger partial charge in [-0.1, -0.05) is 47.5 Å². The largest absolute Gasteiger partial charge is 0.369 e. The first-order valence-electron chi connectivity index (χ1n) is 7.38. The van der Waals surface area contributed by atoms with Gasteiger partial charge in [0.15, 0.2) is 6.23 Å². The third-order valence-corrected chi connectivity index (χ3v) is 4.76. The number of carbonyl (C=O) groups is 1. The Morgan fingerprint density at radius 3 is 2.67 bits per heavy atom. The Kier molecular flexibility index (Phi) is 3.68. The molecule has 1 amide bonds. The number of carbonyl (C=O) groups excluding carboxylic acids is 1. The van der Waals surface area contributed by atoms with E-state index in [0.717, 1.165) is 16.7 Å². The highest BCUT2D eigenvalue weighted by Gasteiger charge is 2.34. The molecule has 0 radical (unpaired) electrons. The molecule has 2 N–H and O–H groups in total. The molecule has 1 unspecified atom stereocenters. The minimum Gasteiger partial charge on any atom is -0.369 e. The summed E-state index contributed by atoms with van der Waals surface area (Å²) in [6, 6.07) is 12.7. The number of fused-ring (bicyclic) bond motifs is 2. The molecule has 0 spiro atoms. The van der Waals surface area contributed by atoms with Crippen LogP contribution in [0, 0.1) is 0 Å². The van der Waals surface area contributed by atoms with Crippen molar-refractivity contribution < 1.29 is 9.90 Å². The number of hydrogen-bond donors (Lipinski definition) is 2. The maximum atomic E-state index is 12.1. The van der Waals surface area contributed by atoms with Crippen LogP contribution in [-0.2, 0) is 4.79 Å². The number of aliphatic hydroxyl groups excluding tert-OH is 1. The maximum absolute atomic E-state index is 12.1. The summed E-state index contributed by atoms with van der Waals surface area (Å²) >= 11 is 12.5. The Hall–Kier alpha value is -2.14. The van der Waals surface area contributed by atoms with Crippen LogP contribution in [0.3, 0.4) is 0 Å². The molecular weight excluding hydrogens is 347 g/mol. The molecule has 4 rings (SSSR count). The van der Waals surface area contributed by atoms with Crippen molar-refractivity contribution >= 4 is 40.4 Å². The second-order valence-corrected chi connectivity index (χ2v) is 6.45. The van der Waals surface area contributed by atoms with Gasteiger partial charge in [0.05, 0.1) is 12.3 Å². The molecule has 0 saturated heterocycles. The van der Waals surface area contributed by atoms with E-state index in [1.54, 1.807) is 24.3 Å². The summed E-state index contributed by atoms with van der Waals surface area (Å²) in [4.78, 5) is 16.7. The predicted octanol–water partition coefficient (Wildman–Crippen LogP) is 3.05. The van der Waals surface area contributed by atoms with Gasteiger partial charge in [-0.15, -0.1) is 0 Å². The van der Waals surface area contributed by atoms with Crippen LogP contribution in [-0.4, -0.2) is 29.5 Å². The highest BCUT2D eigenvalue weighted by Crippen LogP contribution is 2.35. The topological polar surface area (TPSA) is 61.7 Å². The normalized spacial score (nSPS) is 19.4. The van der Waals surface area contributed by atoms with E-state index in [4.69, 9.17) is 23.2 Å². The van der Waals surface area contributed by atoms with E-state index in [-0.39, 0.29) is 12.5 Å². The Morgan fingerprint density at radius 1 is 1.08 bits per heavy atom. The highest BCUT2D eigenvalue weighted by molar-refractivity contribution is 6.36. The number of hydrogen-bond acceptors (Lipinski definition) is 3. The summed E-state index contributed by atoms with van der Waals surface area (Å²) in [5.74, 6) is -0.303. The monoisotopic (exact) mass is 358 g/mol. The van der Waals surface area contributed by atoms with Crippen LogP contribution in [0.25, 0.3) is 5.57 Å². The van der Waals surface area contributed by atoms with Crippen molar-refractivity contribution in [3.05, 3.63) is 74.8 Å². The summed E-state index contributed by atoms with van der Waals surface area (Å²) < 4.78 is 0. The molecule has 0 bridgehead atoms. The summed E-state index contributed by atoms with van der Waals surface area (Å²) in [5, 5.41) is 13.9. The van der Waals surface area contributed by atoms with Crippen molar-refractivity contribution in [3.8, 4) is 0 Å². The lowest BCUT2D eigenvalue weighted by molar-refractivity contribution is -0.118. The summed E-state index contributed by atoms with van der Waals surface area (Å²) in [7, 11) is 0. The van der Waals surface area contributed by atoms with E-state index >= 15 is 0 Å². The molecule has 2 aromatic rings. The zero-order valence-corrected chi connectivity index (χ0v) is 13.9. The minimum absolute atomic E-state index is 0.172. The molecule has 4 nitrogen and oxygen atoms in total. The van der Waals surface area contributed by atoms with E-state index in [1.807, 2.05) is 18.2 Å². The van der Waals surface area contributed by atoms with Crippen LogP contribution in [0.2, 0.25) is 10.0 Å². The lowest BCUT2D eigenvalue weighted by Gasteiger charge is -2.15. The molecule has 6 heteroatoms.